The standard InChI is InChI=1S/C47H42N6O6/c1-48-41-19-13-32-27-33(12-18-37(32)41)40-29-52(51-44(40)30-20-22-50-23-21-30)34-14-16-35(17-15-34)58-25-6-26-59-36-8-3-7-31(28-36)38-9-4-10-39-43(38)47(57)53(46(39)56)42(11-5-24-54)45(55)49-2/h3-4,7-10,12,14-18,20-24,27-29,42H,5-6,11,13,19,25-26H2,1-2H3,(H,49,55)/b48-41+. The van der Waals surface area contributed by atoms with E-state index < -0.39 is 23.8 Å². The minimum Gasteiger partial charge on any atom is -0.493 e. The first-order valence-electron chi connectivity index (χ1n) is 19.6. The van der Waals surface area contributed by atoms with Crippen molar-refractivity contribution in [2.75, 3.05) is 27.3 Å². The Kier molecular flexibility index (Phi) is 11.2. The van der Waals surface area contributed by atoms with Gasteiger partial charge in [0.2, 0.25) is 5.91 Å². The second kappa shape index (κ2) is 17.1. The van der Waals surface area contributed by atoms with E-state index >= 15 is 0 Å². The van der Waals surface area contributed by atoms with Crippen molar-refractivity contribution in [1.82, 2.24) is 25.0 Å². The fraction of sp³-hybridized carbons (Fsp3) is 0.213. The number of ether oxygens (including phenoxy) is 2. The first-order chi connectivity index (χ1) is 28.9. The summed E-state index contributed by atoms with van der Waals surface area (Å²) in [6.07, 6.45) is 8.92. The molecule has 3 amide bonds. The molecule has 0 spiro atoms. The monoisotopic (exact) mass is 786 g/mol. The molecule has 1 N–H and O–H groups in total. The third kappa shape index (κ3) is 7.76. The molecule has 12 nitrogen and oxygen atoms in total. The summed E-state index contributed by atoms with van der Waals surface area (Å²) in [5.41, 5.74) is 10.3. The SMILES string of the molecule is C/N=C1\CCc2cc(-c3cn(-c4ccc(OCCCOc5cccc(-c6cccc7c6C(=O)N(C(CCC=O)C(=O)NC)C7=O)c5)cc4)nc3-c3ccncc3)ccc21. The van der Waals surface area contributed by atoms with Crippen LogP contribution in [0.3, 0.4) is 0 Å². The molecule has 8 rings (SSSR count). The van der Waals surface area contributed by atoms with Crippen LogP contribution in [0.2, 0.25) is 0 Å². The van der Waals surface area contributed by atoms with Gasteiger partial charge in [-0.05, 0) is 102 Å². The number of hydrogen-bond acceptors (Lipinski definition) is 9. The van der Waals surface area contributed by atoms with Crippen LogP contribution in [-0.2, 0) is 16.0 Å². The van der Waals surface area contributed by atoms with Crippen LogP contribution in [0, 0.1) is 0 Å². The maximum atomic E-state index is 13.7. The van der Waals surface area contributed by atoms with Crippen LogP contribution in [0.25, 0.3) is 39.2 Å². The third-order valence-corrected chi connectivity index (χ3v) is 10.7. The van der Waals surface area contributed by atoms with E-state index in [4.69, 9.17) is 14.6 Å². The maximum absolute atomic E-state index is 13.7. The average Bonchev–Trinajstić information content (AvgIpc) is 3.98. The molecule has 1 aliphatic heterocycles. The molecule has 1 atom stereocenters. The largest absolute Gasteiger partial charge is 0.493 e. The topological polar surface area (TPSA) is 145 Å². The van der Waals surface area contributed by atoms with E-state index in [1.807, 2.05) is 72.4 Å². The molecule has 1 aliphatic carbocycles. The van der Waals surface area contributed by atoms with E-state index in [0.29, 0.717) is 42.8 Å². The molecule has 4 aromatic carbocycles. The third-order valence-electron chi connectivity index (χ3n) is 10.7. The highest BCUT2D eigenvalue weighted by molar-refractivity contribution is 6.25. The van der Waals surface area contributed by atoms with Gasteiger partial charge in [0.15, 0.2) is 0 Å². The fourth-order valence-corrected chi connectivity index (χ4v) is 7.79. The molecule has 1 unspecified atom stereocenters. The number of carbonyl (C=O) groups excluding carboxylic acids is 4. The number of aliphatic imine (C=N–C) groups is 1. The molecule has 0 saturated heterocycles. The zero-order valence-corrected chi connectivity index (χ0v) is 32.8. The number of rotatable bonds is 15. The Balaban J connectivity index is 0.904. The predicted octanol–water partition coefficient (Wildman–Crippen LogP) is 7.17. The number of aryl methyl sites for hydroxylation is 1. The Morgan fingerprint density at radius 2 is 1.56 bits per heavy atom. The van der Waals surface area contributed by atoms with E-state index in [1.54, 1.807) is 30.6 Å². The molecule has 2 aliphatic rings. The number of fused-ring (bicyclic) bond motifs is 2. The van der Waals surface area contributed by atoms with Crippen LogP contribution in [-0.4, -0.2) is 82.7 Å². The van der Waals surface area contributed by atoms with E-state index in [-0.39, 0.29) is 24.0 Å². The lowest BCUT2D eigenvalue weighted by Crippen LogP contribution is -2.48. The highest BCUT2D eigenvalue weighted by Gasteiger charge is 2.43. The quantitative estimate of drug-likeness (QED) is 0.0656. The van der Waals surface area contributed by atoms with E-state index in [9.17, 15) is 19.2 Å². The van der Waals surface area contributed by atoms with E-state index in [2.05, 4.69) is 39.7 Å². The average molecular weight is 787 g/mol. The molecule has 0 radical (unpaired) electrons. The van der Waals surface area contributed by atoms with Gasteiger partial charge in [0.05, 0.1) is 30.0 Å². The zero-order chi connectivity index (χ0) is 40.9. The second-order valence-electron chi connectivity index (χ2n) is 14.3. The molecule has 12 heteroatoms. The van der Waals surface area contributed by atoms with Crippen LogP contribution in [0.4, 0.5) is 0 Å². The van der Waals surface area contributed by atoms with Gasteiger partial charge in [0, 0.05) is 62.4 Å². The van der Waals surface area contributed by atoms with Crippen molar-refractivity contribution in [3.8, 4) is 50.7 Å². The van der Waals surface area contributed by atoms with Gasteiger partial charge in [0.1, 0.15) is 29.5 Å². The van der Waals surface area contributed by atoms with Crippen LogP contribution >= 0.6 is 0 Å². The van der Waals surface area contributed by atoms with E-state index in [1.165, 1.54) is 18.2 Å². The summed E-state index contributed by atoms with van der Waals surface area (Å²) >= 11 is 0. The van der Waals surface area contributed by atoms with Crippen LogP contribution in [0.1, 0.15) is 57.5 Å². The maximum Gasteiger partial charge on any atom is 0.262 e. The molecule has 0 fully saturated rings. The smallest absolute Gasteiger partial charge is 0.262 e. The van der Waals surface area contributed by atoms with Gasteiger partial charge in [-0.2, -0.15) is 5.10 Å². The first kappa shape index (κ1) is 38.7. The molecule has 0 bridgehead atoms. The van der Waals surface area contributed by atoms with Crippen LogP contribution in [0.5, 0.6) is 11.5 Å². The van der Waals surface area contributed by atoms with Crippen LogP contribution < -0.4 is 14.8 Å². The zero-order valence-electron chi connectivity index (χ0n) is 32.8. The Morgan fingerprint density at radius 3 is 2.32 bits per heavy atom. The first-order valence-corrected chi connectivity index (χ1v) is 19.6. The summed E-state index contributed by atoms with van der Waals surface area (Å²) in [5, 5.41) is 7.53. The number of aromatic nitrogens is 3. The summed E-state index contributed by atoms with van der Waals surface area (Å²) in [5.74, 6) is -0.327. The highest BCUT2D eigenvalue weighted by Crippen LogP contribution is 2.37. The normalized spacial score (nSPS) is 14.3. The number of likely N-dealkylation sites (N-methyl/N-ethyl adjacent to an activating group) is 1. The van der Waals surface area contributed by atoms with Crippen molar-refractivity contribution in [3.63, 3.8) is 0 Å². The minimum atomic E-state index is -1.09. The number of imide groups is 1. The van der Waals surface area contributed by atoms with Crippen LogP contribution in [0.15, 0.2) is 121 Å². The molecule has 296 valence electrons. The molecular weight excluding hydrogens is 745 g/mol. The number of benzene rings is 4. The molecule has 2 aromatic heterocycles. The number of pyridine rings is 1. The lowest BCUT2D eigenvalue weighted by molar-refractivity contribution is -0.124. The van der Waals surface area contributed by atoms with E-state index in [0.717, 1.165) is 57.3 Å². The van der Waals surface area contributed by atoms with Crippen molar-refractivity contribution in [2.24, 2.45) is 4.99 Å². The lowest BCUT2D eigenvalue weighted by Gasteiger charge is -2.24. The molecular formula is C47H42N6O6. The summed E-state index contributed by atoms with van der Waals surface area (Å²) in [6.45, 7) is 0.808. The van der Waals surface area contributed by atoms with Crippen molar-refractivity contribution in [3.05, 3.63) is 138 Å². The molecule has 6 aromatic rings. The number of amides is 3. The highest BCUT2D eigenvalue weighted by atomic mass is 16.5. The fourth-order valence-electron chi connectivity index (χ4n) is 7.79. The Bertz CT molecular complexity index is 2580. The lowest BCUT2D eigenvalue weighted by atomic mass is 9.96. The number of aldehydes is 1. The number of carbonyl (C=O) groups is 4. The van der Waals surface area contributed by atoms with Gasteiger partial charge < -0.3 is 19.6 Å². The van der Waals surface area contributed by atoms with Crippen molar-refractivity contribution >= 4 is 29.7 Å². The summed E-state index contributed by atoms with van der Waals surface area (Å²) in [7, 11) is 3.29. The Hall–Kier alpha value is -7.21. The van der Waals surface area contributed by atoms with Gasteiger partial charge in [-0.1, -0.05) is 42.5 Å². The molecule has 3 heterocycles. The number of hydrogen-bond donors (Lipinski definition) is 1. The van der Waals surface area contributed by atoms with Gasteiger partial charge in [-0.15, -0.1) is 0 Å². The molecule has 0 saturated carbocycles. The van der Waals surface area contributed by atoms with Gasteiger partial charge in [-0.3, -0.25) is 29.3 Å². The summed E-state index contributed by atoms with van der Waals surface area (Å²) < 4.78 is 14.0. The summed E-state index contributed by atoms with van der Waals surface area (Å²) in [4.78, 5) is 60.5. The second-order valence-corrected chi connectivity index (χ2v) is 14.3. The number of nitrogens with zero attached hydrogens (tertiary/aromatic N) is 5. The Labute approximate surface area is 341 Å². The van der Waals surface area contributed by atoms with Gasteiger partial charge in [-0.25, -0.2) is 4.68 Å². The van der Waals surface area contributed by atoms with Crippen molar-refractivity contribution in [2.45, 2.75) is 38.1 Å². The van der Waals surface area contributed by atoms with Gasteiger partial charge in [0.25, 0.3) is 11.8 Å². The molecule has 59 heavy (non-hydrogen) atoms. The predicted molar refractivity (Wildman–Crippen MR) is 224 cm³/mol. The van der Waals surface area contributed by atoms with Crippen molar-refractivity contribution < 1.29 is 28.7 Å². The Morgan fingerprint density at radius 1 is 0.814 bits per heavy atom. The summed E-state index contributed by atoms with van der Waals surface area (Å²) in [6, 6.07) is 29.6. The van der Waals surface area contributed by atoms with Gasteiger partial charge >= 0.3 is 0 Å². The minimum absolute atomic E-state index is 0.0322. The van der Waals surface area contributed by atoms with Crippen molar-refractivity contribution in [1.29, 1.82) is 0 Å². The number of nitrogens with one attached hydrogen (secondary N) is 1.